The van der Waals surface area contributed by atoms with Gasteiger partial charge >= 0.3 is 5.97 Å². The maximum absolute atomic E-state index is 12.3. The Morgan fingerprint density at radius 3 is 2.56 bits per heavy atom. The summed E-state index contributed by atoms with van der Waals surface area (Å²) in [5.41, 5.74) is 1.93. The summed E-state index contributed by atoms with van der Waals surface area (Å²) in [6.45, 7) is 1.85. The first-order valence-electron chi connectivity index (χ1n) is 8.64. The van der Waals surface area contributed by atoms with E-state index in [1.54, 1.807) is 35.4 Å². The molecule has 2 aromatic rings. The summed E-state index contributed by atoms with van der Waals surface area (Å²) in [5, 5.41) is 0.630. The van der Waals surface area contributed by atoms with Crippen LogP contribution in [-0.2, 0) is 14.3 Å². The number of nitrogens with zero attached hydrogens (tertiary/aromatic N) is 1. The van der Waals surface area contributed by atoms with Crippen molar-refractivity contribution in [1.82, 2.24) is 4.90 Å². The van der Waals surface area contributed by atoms with Gasteiger partial charge in [0.05, 0.1) is 12.5 Å². The van der Waals surface area contributed by atoms with Crippen LogP contribution in [0.25, 0.3) is 6.08 Å². The Kier molecular flexibility index (Phi) is 6.14. The lowest BCUT2D eigenvalue weighted by Gasteiger charge is -2.32. The molecule has 1 atom stereocenters. The van der Waals surface area contributed by atoms with Crippen molar-refractivity contribution < 1.29 is 19.1 Å². The van der Waals surface area contributed by atoms with E-state index in [2.05, 4.69) is 0 Å². The van der Waals surface area contributed by atoms with Crippen molar-refractivity contribution in [3.63, 3.8) is 0 Å². The van der Waals surface area contributed by atoms with Crippen molar-refractivity contribution in [3.05, 3.63) is 70.9 Å². The van der Waals surface area contributed by atoms with E-state index in [1.807, 2.05) is 30.3 Å². The van der Waals surface area contributed by atoms with Crippen LogP contribution < -0.4 is 4.74 Å². The number of carbonyl (C=O) groups is 2. The fourth-order valence-electron chi connectivity index (χ4n) is 2.98. The van der Waals surface area contributed by atoms with Gasteiger partial charge in [0.15, 0.2) is 0 Å². The monoisotopic (exact) mass is 385 g/mol. The van der Waals surface area contributed by atoms with Gasteiger partial charge < -0.3 is 14.4 Å². The fraction of sp³-hybridized carbons (Fsp3) is 0.238. The van der Waals surface area contributed by atoms with Crippen molar-refractivity contribution in [2.24, 2.45) is 0 Å². The first-order valence-corrected chi connectivity index (χ1v) is 9.02. The van der Waals surface area contributed by atoms with Gasteiger partial charge in [0.25, 0.3) is 0 Å². The Hall–Kier alpha value is -2.79. The molecule has 0 spiro atoms. The van der Waals surface area contributed by atoms with E-state index in [4.69, 9.17) is 21.1 Å². The Morgan fingerprint density at radius 2 is 1.81 bits per heavy atom. The number of hydrogen-bond acceptors (Lipinski definition) is 4. The standard InChI is InChI=1S/C21H20ClNO4/c1-15(24)23-11-10-16-4-2-3-5-19(16)20(23)14-21(25)27-13-12-26-18-8-6-17(22)7-9-18/h2-11,20H,12-14H2,1H3/t20-/m0/s1. The summed E-state index contributed by atoms with van der Waals surface area (Å²) in [6, 6.07) is 14.3. The van der Waals surface area contributed by atoms with Gasteiger partial charge in [-0.3, -0.25) is 9.59 Å². The predicted molar refractivity (Wildman–Crippen MR) is 103 cm³/mol. The molecule has 1 aliphatic heterocycles. The molecule has 0 N–H and O–H groups in total. The minimum atomic E-state index is -0.379. The van der Waals surface area contributed by atoms with Gasteiger partial charge in [0.2, 0.25) is 5.91 Å². The maximum Gasteiger partial charge on any atom is 0.308 e. The van der Waals surface area contributed by atoms with E-state index < -0.39 is 0 Å². The number of esters is 1. The molecule has 1 aliphatic rings. The topological polar surface area (TPSA) is 55.8 Å². The first kappa shape index (κ1) is 19.0. The van der Waals surface area contributed by atoms with Gasteiger partial charge in [-0.25, -0.2) is 0 Å². The largest absolute Gasteiger partial charge is 0.490 e. The van der Waals surface area contributed by atoms with Gasteiger partial charge in [-0.1, -0.05) is 35.9 Å². The third kappa shape index (κ3) is 4.89. The number of benzene rings is 2. The molecule has 1 heterocycles. The normalized spacial score (nSPS) is 15.2. The number of amides is 1. The minimum Gasteiger partial charge on any atom is -0.490 e. The lowest BCUT2D eigenvalue weighted by atomic mass is 9.94. The number of hydrogen-bond donors (Lipinski definition) is 0. The molecule has 0 unspecified atom stereocenters. The van der Waals surface area contributed by atoms with Crippen molar-refractivity contribution in [1.29, 1.82) is 0 Å². The summed E-state index contributed by atoms with van der Waals surface area (Å²) in [5.74, 6) is 0.158. The molecule has 0 bridgehead atoms. The van der Waals surface area contributed by atoms with E-state index in [9.17, 15) is 9.59 Å². The summed E-state index contributed by atoms with van der Waals surface area (Å²) in [4.78, 5) is 25.8. The molecule has 2 aromatic carbocycles. The van der Waals surface area contributed by atoms with Gasteiger partial charge in [-0.15, -0.1) is 0 Å². The molecule has 3 rings (SSSR count). The van der Waals surface area contributed by atoms with E-state index in [-0.39, 0.29) is 37.6 Å². The van der Waals surface area contributed by atoms with Crippen molar-refractivity contribution in [2.75, 3.05) is 13.2 Å². The lowest BCUT2D eigenvalue weighted by Crippen LogP contribution is -2.32. The SMILES string of the molecule is CC(=O)N1C=Cc2ccccc2[C@@H]1CC(=O)OCCOc1ccc(Cl)cc1. The van der Waals surface area contributed by atoms with Crippen molar-refractivity contribution in [2.45, 2.75) is 19.4 Å². The second-order valence-corrected chi connectivity index (χ2v) is 6.55. The number of ether oxygens (including phenoxy) is 2. The first-order chi connectivity index (χ1) is 13.0. The van der Waals surface area contributed by atoms with Crippen LogP contribution in [0.2, 0.25) is 5.02 Å². The highest BCUT2D eigenvalue weighted by atomic mass is 35.5. The molecule has 0 aliphatic carbocycles. The van der Waals surface area contributed by atoms with Crippen LogP contribution >= 0.6 is 11.6 Å². The van der Waals surface area contributed by atoms with Crippen LogP contribution in [0.5, 0.6) is 5.75 Å². The molecule has 27 heavy (non-hydrogen) atoms. The minimum absolute atomic E-state index is 0.0852. The summed E-state index contributed by atoms with van der Waals surface area (Å²) < 4.78 is 10.8. The second kappa shape index (κ2) is 8.73. The summed E-state index contributed by atoms with van der Waals surface area (Å²) in [6.07, 6.45) is 3.67. The van der Waals surface area contributed by atoms with Crippen LogP contribution in [0.15, 0.2) is 54.7 Å². The Morgan fingerprint density at radius 1 is 1.07 bits per heavy atom. The van der Waals surface area contributed by atoms with Crippen LogP contribution in [-0.4, -0.2) is 30.0 Å². The molecular weight excluding hydrogens is 366 g/mol. The molecule has 5 nitrogen and oxygen atoms in total. The quantitative estimate of drug-likeness (QED) is 0.551. The summed E-state index contributed by atoms with van der Waals surface area (Å²) in [7, 11) is 0. The number of rotatable bonds is 6. The molecule has 0 saturated carbocycles. The Labute approximate surface area is 163 Å². The third-order valence-corrected chi connectivity index (χ3v) is 4.51. The zero-order valence-corrected chi connectivity index (χ0v) is 15.7. The van der Waals surface area contributed by atoms with E-state index in [0.717, 1.165) is 11.1 Å². The molecule has 0 fully saturated rings. The van der Waals surface area contributed by atoms with Gasteiger partial charge in [-0.05, 0) is 41.5 Å². The van der Waals surface area contributed by atoms with E-state index >= 15 is 0 Å². The smallest absolute Gasteiger partial charge is 0.308 e. The highest BCUT2D eigenvalue weighted by molar-refractivity contribution is 6.30. The molecule has 1 amide bonds. The zero-order valence-electron chi connectivity index (χ0n) is 14.9. The van der Waals surface area contributed by atoms with Crippen molar-refractivity contribution >= 4 is 29.6 Å². The summed E-state index contributed by atoms with van der Waals surface area (Å²) >= 11 is 5.82. The predicted octanol–water partition coefficient (Wildman–Crippen LogP) is 4.23. The maximum atomic E-state index is 12.3. The highest BCUT2D eigenvalue weighted by Crippen LogP contribution is 2.33. The van der Waals surface area contributed by atoms with Crippen LogP contribution in [0.4, 0.5) is 0 Å². The number of carbonyl (C=O) groups excluding carboxylic acids is 2. The zero-order chi connectivity index (χ0) is 19.2. The number of fused-ring (bicyclic) bond motifs is 1. The van der Waals surface area contributed by atoms with E-state index in [0.29, 0.717) is 10.8 Å². The highest BCUT2D eigenvalue weighted by Gasteiger charge is 2.28. The van der Waals surface area contributed by atoms with Crippen LogP contribution in [0.3, 0.4) is 0 Å². The molecule has 0 aromatic heterocycles. The third-order valence-electron chi connectivity index (χ3n) is 4.26. The van der Waals surface area contributed by atoms with Gasteiger partial charge in [0, 0.05) is 18.1 Å². The average molecular weight is 386 g/mol. The van der Waals surface area contributed by atoms with Crippen LogP contribution in [0, 0.1) is 0 Å². The molecular formula is C21H20ClNO4. The van der Waals surface area contributed by atoms with Crippen LogP contribution in [0.1, 0.15) is 30.5 Å². The fourth-order valence-corrected chi connectivity index (χ4v) is 3.10. The number of halogens is 1. The van der Waals surface area contributed by atoms with Gasteiger partial charge in [0.1, 0.15) is 19.0 Å². The second-order valence-electron chi connectivity index (χ2n) is 6.11. The molecule has 140 valence electrons. The van der Waals surface area contributed by atoms with Crippen molar-refractivity contribution in [3.8, 4) is 5.75 Å². The van der Waals surface area contributed by atoms with Gasteiger partial charge in [-0.2, -0.15) is 0 Å². The average Bonchev–Trinajstić information content (AvgIpc) is 2.66. The lowest BCUT2D eigenvalue weighted by molar-refractivity contribution is -0.146. The molecule has 0 radical (unpaired) electrons. The Balaban J connectivity index is 1.55. The Bertz CT molecular complexity index is 848. The molecule has 6 heteroatoms. The van der Waals surface area contributed by atoms with E-state index in [1.165, 1.54) is 6.92 Å². The molecule has 0 saturated heterocycles.